The number of rotatable bonds is 6. The number of benzene rings is 1. The lowest BCUT2D eigenvalue weighted by Gasteiger charge is -2.11. The largest absolute Gasteiger partial charge is 0.377 e. The molecule has 0 aliphatic heterocycles. The molecule has 0 radical (unpaired) electrons. The highest BCUT2D eigenvalue weighted by atomic mass is 19.1. The molecule has 2 rings (SSSR count). The lowest BCUT2D eigenvalue weighted by atomic mass is 10.2. The van der Waals surface area contributed by atoms with Crippen LogP contribution >= 0.6 is 0 Å². The molecule has 0 saturated heterocycles. The Morgan fingerprint density at radius 3 is 2.62 bits per heavy atom. The number of aryl methyl sites for hydroxylation is 1. The molecule has 1 aromatic carbocycles. The van der Waals surface area contributed by atoms with Gasteiger partial charge in [-0.3, -0.25) is 0 Å². The number of ether oxygens (including phenoxy) is 1. The Kier molecular flexibility index (Phi) is 5.05. The zero-order valence-electron chi connectivity index (χ0n) is 12.4. The van der Waals surface area contributed by atoms with E-state index in [9.17, 15) is 4.39 Å². The van der Waals surface area contributed by atoms with Crippen molar-refractivity contribution < 1.29 is 9.13 Å². The quantitative estimate of drug-likeness (QED) is 0.855. The summed E-state index contributed by atoms with van der Waals surface area (Å²) >= 11 is 0. The van der Waals surface area contributed by atoms with Gasteiger partial charge >= 0.3 is 0 Å². The molecule has 0 bridgehead atoms. The molecule has 5 nitrogen and oxygen atoms in total. The molecule has 0 aliphatic rings. The van der Waals surface area contributed by atoms with Crippen LogP contribution in [0.5, 0.6) is 0 Å². The number of anilines is 3. The number of methoxy groups -OCH3 is 1. The van der Waals surface area contributed by atoms with Crippen molar-refractivity contribution in [3.8, 4) is 0 Å². The summed E-state index contributed by atoms with van der Waals surface area (Å²) in [5.74, 6) is 1.72. The standard InChI is InChI=1S/C15H19FN4O/c1-4-17-13-8-14(20-15(19-13)9-21-3)18-11-5-6-12(16)10(2)7-11/h5-8H,4,9H2,1-3H3,(H2,17,18,19,20). The third-order valence-electron chi connectivity index (χ3n) is 2.83. The summed E-state index contributed by atoms with van der Waals surface area (Å²) in [5.41, 5.74) is 1.36. The first-order chi connectivity index (χ1) is 10.1. The highest BCUT2D eigenvalue weighted by Crippen LogP contribution is 2.20. The molecular formula is C15H19FN4O. The van der Waals surface area contributed by atoms with E-state index in [1.807, 2.05) is 6.92 Å². The monoisotopic (exact) mass is 290 g/mol. The van der Waals surface area contributed by atoms with Crippen LogP contribution in [0.1, 0.15) is 18.3 Å². The molecule has 0 spiro atoms. The number of nitrogens with zero attached hydrogens (tertiary/aromatic N) is 2. The summed E-state index contributed by atoms with van der Waals surface area (Å²) in [4.78, 5) is 8.71. The van der Waals surface area contributed by atoms with Gasteiger partial charge in [-0.05, 0) is 37.6 Å². The maximum Gasteiger partial charge on any atom is 0.158 e. The Labute approximate surface area is 123 Å². The Morgan fingerprint density at radius 2 is 1.95 bits per heavy atom. The van der Waals surface area contributed by atoms with Gasteiger partial charge in [0.1, 0.15) is 24.1 Å². The molecular weight excluding hydrogens is 271 g/mol. The van der Waals surface area contributed by atoms with Gasteiger partial charge in [0, 0.05) is 25.4 Å². The van der Waals surface area contributed by atoms with Crippen LogP contribution in [0, 0.1) is 12.7 Å². The summed E-state index contributed by atoms with van der Waals surface area (Å²) in [7, 11) is 1.60. The molecule has 0 saturated carbocycles. The van der Waals surface area contributed by atoms with Gasteiger partial charge in [-0.1, -0.05) is 0 Å². The number of hydrogen-bond donors (Lipinski definition) is 2. The van der Waals surface area contributed by atoms with Crippen LogP contribution in [0.4, 0.5) is 21.7 Å². The first-order valence-corrected chi connectivity index (χ1v) is 6.76. The van der Waals surface area contributed by atoms with Crippen LogP contribution < -0.4 is 10.6 Å². The molecule has 2 N–H and O–H groups in total. The fraction of sp³-hybridized carbons (Fsp3) is 0.333. The third kappa shape index (κ3) is 4.13. The number of halogens is 1. The SMILES string of the molecule is CCNc1cc(Nc2ccc(F)c(C)c2)nc(COC)n1. The second-order valence-corrected chi connectivity index (χ2v) is 4.61. The first-order valence-electron chi connectivity index (χ1n) is 6.76. The van der Waals surface area contributed by atoms with E-state index < -0.39 is 0 Å². The topological polar surface area (TPSA) is 59.1 Å². The van der Waals surface area contributed by atoms with E-state index in [4.69, 9.17) is 4.74 Å². The normalized spacial score (nSPS) is 10.5. The number of aromatic nitrogens is 2. The van der Waals surface area contributed by atoms with E-state index >= 15 is 0 Å². The zero-order chi connectivity index (χ0) is 15.2. The van der Waals surface area contributed by atoms with Gasteiger partial charge in [-0.25, -0.2) is 14.4 Å². The molecule has 112 valence electrons. The highest BCUT2D eigenvalue weighted by molar-refractivity contribution is 5.60. The van der Waals surface area contributed by atoms with Crippen molar-refractivity contribution in [3.05, 3.63) is 41.5 Å². The van der Waals surface area contributed by atoms with Crippen molar-refractivity contribution in [1.82, 2.24) is 9.97 Å². The van der Waals surface area contributed by atoms with E-state index in [0.717, 1.165) is 18.1 Å². The number of nitrogens with one attached hydrogen (secondary N) is 2. The fourth-order valence-corrected chi connectivity index (χ4v) is 1.90. The second kappa shape index (κ2) is 6.99. The van der Waals surface area contributed by atoms with Gasteiger partial charge < -0.3 is 15.4 Å². The van der Waals surface area contributed by atoms with E-state index in [1.165, 1.54) is 6.07 Å². The van der Waals surface area contributed by atoms with Crippen LogP contribution in [-0.2, 0) is 11.3 Å². The highest BCUT2D eigenvalue weighted by Gasteiger charge is 2.06. The lowest BCUT2D eigenvalue weighted by Crippen LogP contribution is -2.07. The van der Waals surface area contributed by atoms with Crippen LogP contribution in [0.15, 0.2) is 24.3 Å². The average Bonchev–Trinajstić information content (AvgIpc) is 2.43. The molecule has 0 aliphatic carbocycles. The van der Waals surface area contributed by atoms with Crippen molar-refractivity contribution in [2.24, 2.45) is 0 Å². The maximum atomic E-state index is 13.3. The van der Waals surface area contributed by atoms with Crippen LogP contribution in [0.2, 0.25) is 0 Å². The smallest absolute Gasteiger partial charge is 0.158 e. The van der Waals surface area contributed by atoms with Crippen LogP contribution in [0.3, 0.4) is 0 Å². The molecule has 2 aromatic rings. The van der Waals surface area contributed by atoms with Crippen molar-refractivity contribution in [2.45, 2.75) is 20.5 Å². The first kappa shape index (κ1) is 15.2. The second-order valence-electron chi connectivity index (χ2n) is 4.61. The summed E-state index contributed by atoms with van der Waals surface area (Å²) < 4.78 is 18.4. The van der Waals surface area contributed by atoms with Crippen molar-refractivity contribution in [1.29, 1.82) is 0 Å². The summed E-state index contributed by atoms with van der Waals surface area (Å²) in [5, 5.41) is 6.30. The Morgan fingerprint density at radius 1 is 1.19 bits per heavy atom. The molecule has 0 fully saturated rings. The van der Waals surface area contributed by atoms with Gasteiger partial charge in [0.25, 0.3) is 0 Å². The van der Waals surface area contributed by atoms with Crippen molar-refractivity contribution in [2.75, 3.05) is 24.3 Å². The Hall–Kier alpha value is -2.21. The van der Waals surface area contributed by atoms with Crippen LogP contribution in [0.25, 0.3) is 0 Å². The summed E-state index contributed by atoms with van der Waals surface area (Å²) in [6.07, 6.45) is 0. The van der Waals surface area contributed by atoms with Gasteiger partial charge in [-0.15, -0.1) is 0 Å². The Balaban J connectivity index is 2.26. The minimum atomic E-state index is -0.225. The minimum absolute atomic E-state index is 0.225. The molecule has 1 heterocycles. The lowest BCUT2D eigenvalue weighted by molar-refractivity contribution is 0.178. The molecule has 0 unspecified atom stereocenters. The van der Waals surface area contributed by atoms with Crippen molar-refractivity contribution >= 4 is 17.3 Å². The maximum absolute atomic E-state index is 13.3. The van der Waals surface area contributed by atoms with Crippen LogP contribution in [-0.4, -0.2) is 23.6 Å². The van der Waals surface area contributed by atoms with Gasteiger partial charge in [0.2, 0.25) is 0 Å². The molecule has 0 atom stereocenters. The van der Waals surface area contributed by atoms with Gasteiger partial charge in [-0.2, -0.15) is 0 Å². The Bertz CT molecular complexity index is 594. The molecule has 0 amide bonds. The minimum Gasteiger partial charge on any atom is -0.377 e. The van der Waals surface area contributed by atoms with E-state index in [2.05, 4.69) is 20.6 Å². The zero-order valence-corrected chi connectivity index (χ0v) is 12.4. The van der Waals surface area contributed by atoms with E-state index in [0.29, 0.717) is 23.8 Å². The van der Waals surface area contributed by atoms with Gasteiger partial charge in [0.15, 0.2) is 5.82 Å². The molecule has 21 heavy (non-hydrogen) atoms. The van der Waals surface area contributed by atoms with Gasteiger partial charge in [0.05, 0.1) is 0 Å². The van der Waals surface area contributed by atoms with E-state index in [1.54, 1.807) is 32.2 Å². The average molecular weight is 290 g/mol. The van der Waals surface area contributed by atoms with E-state index in [-0.39, 0.29) is 5.82 Å². The fourth-order valence-electron chi connectivity index (χ4n) is 1.90. The predicted octanol–water partition coefficient (Wildman–Crippen LogP) is 3.25. The van der Waals surface area contributed by atoms with Crippen molar-refractivity contribution in [3.63, 3.8) is 0 Å². The summed E-state index contributed by atoms with van der Waals surface area (Å²) in [6.45, 7) is 4.81. The predicted molar refractivity (Wildman–Crippen MR) is 81.3 cm³/mol. The third-order valence-corrected chi connectivity index (χ3v) is 2.83. The number of hydrogen-bond acceptors (Lipinski definition) is 5. The molecule has 1 aromatic heterocycles. The molecule has 6 heteroatoms. The summed E-state index contributed by atoms with van der Waals surface area (Å²) in [6, 6.07) is 6.65.